The third-order valence-electron chi connectivity index (χ3n) is 4.58. The van der Waals surface area contributed by atoms with Crippen LogP contribution in [0.4, 0.5) is 4.39 Å². The highest BCUT2D eigenvalue weighted by molar-refractivity contribution is 7.19. The van der Waals surface area contributed by atoms with Crippen molar-refractivity contribution in [3.63, 3.8) is 0 Å². The third kappa shape index (κ3) is 3.51. The molecule has 7 nitrogen and oxygen atoms in total. The maximum atomic E-state index is 13.3. The van der Waals surface area contributed by atoms with Crippen LogP contribution in [0.15, 0.2) is 33.9 Å². The van der Waals surface area contributed by atoms with Crippen LogP contribution in [0.3, 0.4) is 0 Å². The minimum Gasteiger partial charge on any atom is -0.462 e. The molecule has 1 aromatic carbocycles. The summed E-state index contributed by atoms with van der Waals surface area (Å²) in [5, 5.41) is 11.0. The van der Waals surface area contributed by atoms with Gasteiger partial charge in [0.1, 0.15) is 16.8 Å². The quantitative estimate of drug-likeness (QED) is 0.641. The summed E-state index contributed by atoms with van der Waals surface area (Å²) < 4.78 is 20.7. The van der Waals surface area contributed by atoms with Crippen molar-refractivity contribution in [3.8, 4) is 0 Å². The molecular formula is C20H21FN2O5S. The molecule has 0 saturated carbocycles. The fourth-order valence-corrected chi connectivity index (χ4v) is 4.58. The highest BCUT2D eigenvalue weighted by Gasteiger charge is 2.30. The van der Waals surface area contributed by atoms with Gasteiger partial charge < -0.3 is 9.84 Å². The molecule has 0 fully saturated rings. The maximum Gasteiger partial charge on any atom is 0.340 e. The van der Waals surface area contributed by atoms with Crippen molar-refractivity contribution in [2.45, 2.75) is 32.9 Å². The number of halogens is 1. The summed E-state index contributed by atoms with van der Waals surface area (Å²) in [4.78, 5) is 38.7. The summed E-state index contributed by atoms with van der Waals surface area (Å²) >= 11 is 0.982. The molecule has 1 N–H and O–H groups in total. The second-order valence-corrected chi connectivity index (χ2v) is 7.84. The Hall–Kier alpha value is -2.78. The van der Waals surface area contributed by atoms with Gasteiger partial charge in [-0.2, -0.15) is 0 Å². The molecule has 3 aromatic rings. The Morgan fingerprint density at radius 1 is 1.24 bits per heavy atom. The van der Waals surface area contributed by atoms with Crippen LogP contribution in [0.25, 0.3) is 10.2 Å². The molecule has 154 valence electrons. The van der Waals surface area contributed by atoms with E-state index in [9.17, 15) is 23.9 Å². The second-order valence-electron chi connectivity index (χ2n) is 6.81. The van der Waals surface area contributed by atoms with Gasteiger partial charge in [0.15, 0.2) is 0 Å². The van der Waals surface area contributed by atoms with E-state index in [4.69, 9.17) is 4.74 Å². The van der Waals surface area contributed by atoms with E-state index >= 15 is 0 Å². The van der Waals surface area contributed by atoms with E-state index in [0.717, 1.165) is 15.9 Å². The van der Waals surface area contributed by atoms with E-state index in [1.54, 1.807) is 20.8 Å². The van der Waals surface area contributed by atoms with Crippen LogP contribution in [0, 0.1) is 5.82 Å². The molecule has 0 spiro atoms. The molecule has 0 radical (unpaired) electrons. The molecule has 2 aromatic heterocycles. The number of esters is 1. The van der Waals surface area contributed by atoms with Gasteiger partial charge in [0.25, 0.3) is 5.56 Å². The van der Waals surface area contributed by atoms with Crippen molar-refractivity contribution in [1.29, 1.82) is 0 Å². The Morgan fingerprint density at radius 2 is 1.86 bits per heavy atom. The van der Waals surface area contributed by atoms with Crippen molar-refractivity contribution >= 4 is 27.5 Å². The van der Waals surface area contributed by atoms with Crippen LogP contribution < -0.4 is 11.2 Å². The zero-order valence-corrected chi connectivity index (χ0v) is 17.2. The van der Waals surface area contributed by atoms with Gasteiger partial charge in [-0.15, -0.1) is 11.3 Å². The number of thiophene rings is 1. The highest BCUT2D eigenvalue weighted by Crippen LogP contribution is 2.37. The van der Waals surface area contributed by atoms with E-state index < -0.39 is 29.1 Å². The molecule has 0 bridgehead atoms. The van der Waals surface area contributed by atoms with E-state index in [2.05, 4.69) is 0 Å². The Kier molecular flexibility index (Phi) is 5.72. The fraction of sp³-hybridized carbons (Fsp3) is 0.350. The molecule has 0 amide bonds. The maximum absolute atomic E-state index is 13.3. The predicted molar refractivity (Wildman–Crippen MR) is 108 cm³/mol. The largest absolute Gasteiger partial charge is 0.462 e. The Bertz CT molecular complexity index is 1190. The number of carbonyl (C=O) groups is 1. The first-order valence-corrected chi connectivity index (χ1v) is 9.89. The van der Waals surface area contributed by atoms with Crippen LogP contribution in [-0.4, -0.2) is 26.8 Å². The van der Waals surface area contributed by atoms with Crippen LogP contribution in [-0.2, 0) is 11.8 Å². The molecule has 0 aliphatic rings. The third-order valence-corrected chi connectivity index (χ3v) is 5.82. The van der Waals surface area contributed by atoms with Gasteiger partial charge in [0, 0.05) is 13.1 Å². The molecule has 2 heterocycles. The van der Waals surface area contributed by atoms with Crippen molar-refractivity contribution in [3.05, 3.63) is 66.9 Å². The van der Waals surface area contributed by atoms with E-state index in [0.29, 0.717) is 5.56 Å². The van der Waals surface area contributed by atoms with Gasteiger partial charge >= 0.3 is 11.7 Å². The monoisotopic (exact) mass is 420 g/mol. The molecule has 29 heavy (non-hydrogen) atoms. The molecule has 1 atom stereocenters. The molecular weight excluding hydrogens is 399 g/mol. The zero-order valence-electron chi connectivity index (χ0n) is 16.4. The number of hydrogen-bond donors (Lipinski definition) is 1. The summed E-state index contributed by atoms with van der Waals surface area (Å²) in [6.07, 6.45) is -1.30. The number of hydrogen-bond acceptors (Lipinski definition) is 6. The normalized spacial score (nSPS) is 12.5. The van der Waals surface area contributed by atoms with Crippen LogP contribution >= 0.6 is 11.3 Å². The second kappa shape index (κ2) is 7.92. The van der Waals surface area contributed by atoms with Gasteiger partial charge in [-0.25, -0.2) is 14.0 Å². The van der Waals surface area contributed by atoms with Crippen LogP contribution in [0.5, 0.6) is 0 Å². The number of fused-ring (bicyclic) bond motifs is 1. The first kappa shape index (κ1) is 20.9. The lowest BCUT2D eigenvalue weighted by molar-refractivity contribution is 0.0524. The van der Waals surface area contributed by atoms with Crippen molar-refractivity contribution in [2.75, 3.05) is 6.61 Å². The average molecular weight is 420 g/mol. The minimum absolute atomic E-state index is 0.0282. The van der Waals surface area contributed by atoms with E-state index in [1.165, 1.54) is 35.9 Å². The van der Waals surface area contributed by atoms with E-state index in [-0.39, 0.29) is 33.3 Å². The summed E-state index contributed by atoms with van der Waals surface area (Å²) in [5.41, 5.74) is -0.881. The highest BCUT2D eigenvalue weighted by atomic mass is 32.1. The Morgan fingerprint density at radius 3 is 2.41 bits per heavy atom. The topological polar surface area (TPSA) is 90.5 Å². The Labute approximate surface area is 169 Å². The molecule has 0 aliphatic heterocycles. The smallest absolute Gasteiger partial charge is 0.340 e. The van der Waals surface area contributed by atoms with Crippen molar-refractivity contribution < 1.29 is 19.0 Å². The summed E-state index contributed by atoms with van der Waals surface area (Å²) in [5.74, 6) is -1.23. The molecule has 0 saturated heterocycles. The number of benzene rings is 1. The number of carbonyl (C=O) groups excluding carboxylic acids is 1. The fourth-order valence-electron chi connectivity index (χ4n) is 3.16. The lowest BCUT2D eigenvalue weighted by Gasteiger charge is -2.12. The van der Waals surface area contributed by atoms with Crippen molar-refractivity contribution in [1.82, 2.24) is 9.13 Å². The van der Waals surface area contributed by atoms with Crippen LogP contribution in [0.1, 0.15) is 53.7 Å². The molecule has 9 heteroatoms. The lowest BCUT2D eigenvalue weighted by atomic mass is 10.0. The first-order valence-electron chi connectivity index (χ1n) is 9.07. The lowest BCUT2D eigenvalue weighted by Crippen LogP contribution is -2.38. The van der Waals surface area contributed by atoms with Gasteiger partial charge in [0.05, 0.1) is 22.4 Å². The number of rotatable bonds is 5. The number of ether oxygens (including phenoxy) is 1. The molecule has 1 unspecified atom stereocenters. The number of aliphatic hydroxyl groups excluding tert-OH is 1. The molecule has 3 rings (SSSR count). The molecule has 0 aliphatic carbocycles. The van der Waals surface area contributed by atoms with Gasteiger partial charge in [-0.3, -0.25) is 13.9 Å². The number of nitrogens with zero attached hydrogens (tertiary/aromatic N) is 2. The van der Waals surface area contributed by atoms with Gasteiger partial charge in [0.2, 0.25) is 0 Å². The predicted octanol–water partition coefficient (Wildman–Crippen LogP) is 2.74. The summed E-state index contributed by atoms with van der Waals surface area (Å²) in [7, 11) is 1.34. The van der Waals surface area contributed by atoms with E-state index in [1.807, 2.05) is 0 Å². The standard InChI is InChI=1S/C20H21FN2O5S/c1-5-28-19(26)13-14-17(25)22(4)20(27)23(10(2)3)18(14)29-16(13)15(24)11-6-8-12(21)9-7-11/h6-10,15,24H,5H2,1-4H3. The SMILES string of the molecule is CCOC(=O)c1c(C(O)c2ccc(F)cc2)sc2c1c(=O)n(C)c(=O)n2C(C)C. The minimum atomic E-state index is -1.30. The number of aromatic nitrogens is 2. The first-order chi connectivity index (χ1) is 13.7. The summed E-state index contributed by atoms with van der Waals surface area (Å²) in [6.45, 7) is 5.27. The Balaban J connectivity index is 2.42. The summed E-state index contributed by atoms with van der Waals surface area (Å²) in [6, 6.07) is 4.89. The van der Waals surface area contributed by atoms with Crippen LogP contribution in [0.2, 0.25) is 0 Å². The zero-order chi connectivity index (χ0) is 21.5. The van der Waals surface area contributed by atoms with Gasteiger partial charge in [-0.1, -0.05) is 12.1 Å². The average Bonchev–Trinajstić information content (AvgIpc) is 3.06. The van der Waals surface area contributed by atoms with Crippen molar-refractivity contribution in [2.24, 2.45) is 7.05 Å². The van der Waals surface area contributed by atoms with Gasteiger partial charge in [-0.05, 0) is 38.5 Å². The number of aliphatic hydroxyl groups is 1.